The van der Waals surface area contributed by atoms with Crippen LogP contribution in [0.3, 0.4) is 0 Å². The molecule has 7 heavy (non-hydrogen) atoms. The van der Waals surface area contributed by atoms with E-state index in [-0.39, 0.29) is 18.3 Å². The van der Waals surface area contributed by atoms with E-state index in [1.165, 1.54) is 0 Å². The van der Waals surface area contributed by atoms with Crippen molar-refractivity contribution in [1.29, 1.82) is 0 Å². The average molecular weight is 118 g/mol. The lowest BCUT2D eigenvalue weighted by atomic mass is 9.51. The largest absolute Gasteiger partial charge is 0.310 e. The minimum atomic E-state index is 0.0949. The first kappa shape index (κ1) is 7.02. The fourth-order valence-corrected chi connectivity index (χ4v) is 0.463. The Morgan fingerprint density at radius 3 is 2.14 bits per heavy atom. The summed E-state index contributed by atoms with van der Waals surface area (Å²) in [6, 6.07) is 0. The molecule has 0 radical (unpaired) electrons. The summed E-state index contributed by atoms with van der Waals surface area (Å²) in [6.07, 6.45) is 0. The van der Waals surface area contributed by atoms with Crippen LogP contribution >= 0.6 is 11.6 Å². The first-order chi connectivity index (χ1) is 3.18. The van der Waals surface area contributed by atoms with E-state index in [9.17, 15) is 4.79 Å². The Hall–Kier alpha value is 0.0249. The molecule has 0 spiro atoms. The molecule has 1 nitrogen and oxygen atoms in total. The third-order valence-electron chi connectivity index (χ3n) is 0.776. The maximum Gasteiger partial charge on any atom is 0.218 e. The molecule has 3 heteroatoms. The molecule has 0 rings (SSSR count). The fourth-order valence-electron chi connectivity index (χ4n) is 0.154. The number of halogens is 1. The van der Waals surface area contributed by atoms with Gasteiger partial charge in [0, 0.05) is 0 Å². The maximum absolute atomic E-state index is 10.4. The van der Waals surface area contributed by atoms with Crippen molar-refractivity contribution in [3.63, 3.8) is 0 Å². The Kier molecular flexibility index (Phi) is 3.09. The van der Waals surface area contributed by atoms with Gasteiger partial charge in [-0.2, -0.15) is 0 Å². The monoisotopic (exact) mass is 118 g/mol. The van der Waals surface area contributed by atoms with E-state index in [2.05, 4.69) is 0 Å². The molecule has 0 aliphatic carbocycles. The Morgan fingerprint density at radius 2 is 2.14 bits per heavy atom. The summed E-state index contributed by atoms with van der Waals surface area (Å²) in [5.41, 5.74) is 0.113. The molecule has 0 fully saturated rings. The third kappa shape index (κ3) is 2.69. The van der Waals surface area contributed by atoms with E-state index in [4.69, 9.17) is 11.6 Å². The SMILES string of the molecule is CB(C)C(=O)CCl. The first-order valence-electron chi connectivity index (χ1n) is 2.27. The summed E-state index contributed by atoms with van der Waals surface area (Å²) >= 11 is 5.20. The Labute approximate surface area is 49.1 Å². The molecule has 0 heterocycles. The summed E-state index contributed by atoms with van der Waals surface area (Å²) in [7, 11) is 0. The number of hydrogen-bond acceptors (Lipinski definition) is 1. The zero-order valence-electron chi connectivity index (χ0n) is 4.57. The van der Waals surface area contributed by atoms with Gasteiger partial charge in [-0.3, -0.25) is 0 Å². The van der Waals surface area contributed by atoms with Gasteiger partial charge in [-0.1, -0.05) is 13.6 Å². The molecule has 0 unspecified atom stereocenters. The van der Waals surface area contributed by atoms with Crippen LogP contribution in [0.2, 0.25) is 13.6 Å². The van der Waals surface area contributed by atoms with Crippen LogP contribution in [0, 0.1) is 0 Å². The average Bonchev–Trinajstić information content (AvgIpc) is 1.65. The van der Waals surface area contributed by atoms with Crippen molar-refractivity contribution in [2.45, 2.75) is 13.6 Å². The van der Waals surface area contributed by atoms with Crippen LogP contribution in [0.25, 0.3) is 0 Å². The van der Waals surface area contributed by atoms with Crippen molar-refractivity contribution < 1.29 is 4.79 Å². The summed E-state index contributed by atoms with van der Waals surface area (Å²) < 4.78 is 0. The van der Waals surface area contributed by atoms with E-state index in [1.807, 2.05) is 13.6 Å². The normalized spacial score (nSPS) is 8.43. The number of alkyl halides is 1. The summed E-state index contributed by atoms with van der Waals surface area (Å²) in [6.45, 7) is 3.77. The smallest absolute Gasteiger partial charge is 0.218 e. The first-order valence-corrected chi connectivity index (χ1v) is 2.80. The second kappa shape index (κ2) is 3.08. The lowest BCUT2D eigenvalue weighted by molar-refractivity contribution is -0.110. The quantitative estimate of drug-likeness (QED) is 0.392. The van der Waals surface area contributed by atoms with Crippen molar-refractivity contribution in [2.75, 3.05) is 5.88 Å². The molecule has 0 aromatic heterocycles. The minimum absolute atomic E-state index is 0.0949. The van der Waals surface area contributed by atoms with Gasteiger partial charge in [0.2, 0.25) is 6.71 Å². The summed E-state index contributed by atoms with van der Waals surface area (Å²) in [5, 5.41) is 0. The molecule has 0 saturated carbocycles. The summed E-state index contributed by atoms with van der Waals surface area (Å²) in [5.74, 6) is 0.150. The van der Waals surface area contributed by atoms with E-state index >= 15 is 0 Å². The number of carbonyl (C=O) groups excluding carboxylic acids is 1. The third-order valence-corrected chi connectivity index (χ3v) is 1.04. The van der Waals surface area contributed by atoms with E-state index in [1.54, 1.807) is 0 Å². The lowest BCUT2D eigenvalue weighted by Crippen LogP contribution is -2.18. The molecular formula is C4H8BClO. The predicted octanol–water partition coefficient (Wildman–Crippen LogP) is 1.09. The minimum Gasteiger partial charge on any atom is -0.310 e. The van der Waals surface area contributed by atoms with Gasteiger partial charge in [0.25, 0.3) is 0 Å². The van der Waals surface area contributed by atoms with Crippen LogP contribution < -0.4 is 0 Å². The van der Waals surface area contributed by atoms with Gasteiger partial charge in [-0.05, 0) is 0 Å². The van der Waals surface area contributed by atoms with Crippen LogP contribution in [0.15, 0.2) is 0 Å². The molecular weight excluding hydrogens is 110 g/mol. The maximum atomic E-state index is 10.4. The van der Waals surface area contributed by atoms with E-state index in [0.29, 0.717) is 0 Å². The Balaban J connectivity index is 3.35. The highest BCUT2D eigenvalue weighted by atomic mass is 35.5. The van der Waals surface area contributed by atoms with Gasteiger partial charge in [0.1, 0.15) is 5.68 Å². The zero-order valence-corrected chi connectivity index (χ0v) is 5.33. The molecule has 0 aliphatic rings. The van der Waals surface area contributed by atoms with Crippen LogP contribution in [0.1, 0.15) is 0 Å². The topological polar surface area (TPSA) is 17.1 Å². The molecule has 0 amide bonds. The molecule has 0 aromatic rings. The summed E-state index contributed by atoms with van der Waals surface area (Å²) in [4.78, 5) is 10.4. The van der Waals surface area contributed by atoms with Crippen molar-refractivity contribution in [3.05, 3.63) is 0 Å². The van der Waals surface area contributed by atoms with Crippen molar-refractivity contribution >= 4 is 24.0 Å². The predicted molar refractivity (Wildman–Crippen MR) is 33.2 cm³/mol. The van der Waals surface area contributed by atoms with Crippen LogP contribution in [-0.2, 0) is 4.79 Å². The second-order valence-electron chi connectivity index (χ2n) is 1.75. The van der Waals surface area contributed by atoms with Crippen molar-refractivity contribution in [3.8, 4) is 0 Å². The van der Waals surface area contributed by atoms with Gasteiger partial charge < -0.3 is 4.79 Å². The molecule has 0 aliphatic heterocycles. The van der Waals surface area contributed by atoms with E-state index < -0.39 is 0 Å². The lowest BCUT2D eigenvalue weighted by Gasteiger charge is -1.90. The highest BCUT2D eigenvalue weighted by Gasteiger charge is 2.07. The molecule has 0 saturated heterocycles. The second-order valence-corrected chi connectivity index (χ2v) is 2.02. The Morgan fingerprint density at radius 1 is 1.71 bits per heavy atom. The van der Waals surface area contributed by atoms with Crippen LogP contribution in [0.4, 0.5) is 0 Å². The van der Waals surface area contributed by atoms with Crippen LogP contribution in [-0.4, -0.2) is 18.3 Å². The molecule has 0 atom stereocenters. The van der Waals surface area contributed by atoms with Gasteiger partial charge in [-0.15, -0.1) is 11.6 Å². The molecule has 0 bridgehead atoms. The van der Waals surface area contributed by atoms with Gasteiger partial charge in [-0.25, -0.2) is 0 Å². The number of rotatable bonds is 2. The molecule has 40 valence electrons. The highest BCUT2D eigenvalue weighted by molar-refractivity contribution is 6.90. The van der Waals surface area contributed by atoms with Gasteiger partial charge in [0.05, 0.1) is 5.88 Å². The van der Waals surface area contributed by atoms with E-state index in [0.717, 1.165) is 0 Å². The highest BCUT2D eigenvalue weighted by Crippen LogP contribution is 1.84. The molecule has 0 aromatic carbocycles. The van der Waals surface area contributed by atoms with Gasteiger partial charge >= 0.3 is 0 Å². The standard InChI is InChI=1S/C4H8BClO/c1-5(2)4(7)3-6/h3H2,1-2H3. The van der Waals surface area contributed by atoms with Crippen molar-refractivity contribution in [2.24, 2.45) is 0 Å². The fraction of sp³-hybridized carbons (Fsp3) is 0.750. The van der Waals surface area contributed by atoms with Gasteiger partial charge in [0.15, 0.2) is 0 Å². The number of carbonyl (C=O) groups is 1. The number of hydrogen-bond donors (Lipinski definition) is 0. The zero-order chi connectivity index (χ0) is 5.86. The molecule has 0 N–H and O–H groups in total. The van der Waals surface area contributed by atoms with Crippen LogP contribution in [0.5, 0.6) is 0 Å². The Bertz CT molecular complexity index is 72.1. The van der Waals surface area contributed by atoms with Crippen molar-refractivity contribution in [1.82, 2.24) is 0 Å².